The molecule has 1 amide bonds. The Kier molecular flexibility index (Phi) is 7.25. The number of nitrogens with one attached hydrogen (secondary N) is 2. The van der Waals surface area contributed by atoms with Crippen LogP contribution in [0.25, 0.3) is 0 Å². The Labute approximate surface area is 110 Å². The van der Waals surface area contributed by atoms with E-state index >= 15 is 0 Å². The van der Waals surface area contributed by atoms with Crippen LogP contribution in [-0.4, -0.2) is 41.5 Å². The molecule has 3 atom stereocenters. The normalized spacial score (nSPS) is 16.8. The first kappa shape index (κ1) is 17.2. The van der Waals surface area contributed by atoms with Gasteiger partial charge in [-0.2, -0.15) is 0 Å². The molecule has 0 spiro atoms. The lowest BCUT2D eigenvalue weighted by Gasteiger charge is -2.23. The molecule has 5 heteroatoms. The number of hydrogen-bond acceptors (Lipinski definition) is 4. The number of hydrogen-bond donors (Lipinski definition) is 3. The molecule has 0 aliphatic rings. The van der Waals surface area contributed by atoms with Crippen LogP contribution < -0.4 is 10.6 Å². The van der Waals surface area contributed by atoms with Crippen molar-refractivity contribution in [3.05, 3.63) is 0 Å². The SMILES string of the molecule is CC(O)CC(C)NC(C)CNC(=O)OC(C)(C)C. The summed E-state index contributed by atoms with van der Waals surface area (Å²) >= 11 is 0. The fourth-order valence-electron chi connectivity index (χ4n) is 1.67. The zero-order chi connectivity index (χ0) is 14.3. The predicted molar refractivity (Wildman–Crippen MR) is 72.6 cm³/mol. The molecule has 3 N–H and O–H groups in total. The van der Waals surface area contributed by atoms with Gasteiger partial charge < -0.3 is 20.5 Å². The van der Waals surface area contributed by atoms with Gasteiger partial charge in [0.2, 0.25) is 0 Å². The van der Waals surface area contributed by atoms with Crippen LogP contribution in [0.15, 0.2) is 0 Å². The third-order valence-corrected chi connectivity index (χ3v) is 2.22. The summed E-state index contributed by atoms with van der Waals surface area (Å²) in [6, 6.07) is 0.340. The van der Waals surface area contributed by atoms with Gasteiger partial charge in [0.05, 0.1) is 6.10 Å². The molecule has 0 aliphatic heterocycles. The van der Waals surface area contributed by atoms with Gasteiger partial charge in [-0.05, 0) is 48.0 Å². The van der Waals surface area contributed by atoms with Gasteiger partial charge in [-0.15, -0.1) is 0 Å². The molecule has 3 unspecified atom stereocenters. The van der Waals surface area contributed by atoms with E-state index in [4.69, 9.17) is 4.74 Å². The number of aliphatic hydroxyl groups excluding tert-OH is 1. The van der Waals surface area contributed by atoms with Crippen molar-refractivity contribution in [3.63, 3.8) is 0 Å². The van der Waals surface area contributed by atoms with Crippen molar-refractivity contribution in [2.75, 3.05) is 6.54 Å². The molecule has 0 radical (unpaired) electrons. The number of rotatable bonds is 6. The number of amides is 1. The van der Waals surface area contributed by atoms with Crippen LogP contribution in [0, 0.1) is 0 Å². The van der Waals surface area contributed by atoms with E-state index < -0.39 is 11.7 Å². The van der Waals surface area contributed by atoms with E-state index in [1.54, 1.807) is 6.92 Å². The number of alkyl carbamates (subject to hydrolysis) is 1. The molecule has 0 saturated carbocycles. The Balaban J connectivity index is 3.83. The van der Waals surface area contributed by atoms with E-state index in [1.807, 2.05) is 34.6 Å². The van der Waals surface area contributed by atoms with E-state index in [1.165, 1.54) is 0 Å². The van der Waals surface area contributed by atoms with E-state index in [0.717, 1.165) is 0 Å². The fraction of sp³-hybridized carbons (Fsp3) is 0.923. The first-order valence-electron chi connectivity index (χ1n) is 6.51. The first-order valence-corrected chi connectivity index (χ1v) is 6.51. The quantitative estimate of drug-likeness (QED) is 0.679. The highest BCUT2D eigenvalue weighted by molar-refractivity contribution is 5.67. The topological polar surface area (TPSA) is 70.6 Å². The van der Waals surface area contributed by atoms with Crippen LogP contribution in [-0.2, 0) is 4.74 Å². The summed E-state index contributed by atoms with van der Waals surface area (Å²) < 4.78 is 5.14. The van der Waals surface area contributed by atoms with Gasteiger partial charge >= 0.3 is 6.09 Å². The second kappa shape index (κ2) is 7.59. The molecule has 18 heavy (non-hydrogen) atoms. The number of carbonyl (C=O) groups is 1. The van der Waals surface area contributed by atoms with Crippen LogP contribution >= 0.6 is 0 Å². The maximum atomic E-state index is 11.4. The van der Waals surface area contributed by atoms with Crippen LogP contribution in [0.2, 0.25) is 0 Å². The fourth-order valence-corrected chi connectivity index (χ4v) is 1.67. The summed E-state index contributed by atoms with van der Waals surface area (Å²) in [4.78, 5) is 11.4. The lowest BCUT2D eigenvalue weighted by molar-refractivity contribution is 0.0521. The van der Waals surface area contributed by atoms with E-state index in [0.29, 0.717) is 13.0 Å². The Morgan fingerprint density at radius 1 is 1.22 bits per heavy atom. The highest BCUT2D eigenvalue weighted by Gasteiger charge is 2.17. The molecule has 0 aromatic heterocycles. The van der Waals surface area contributed by atoms with Crippen LogP contribution in [0.1, 0.15) is 48.0 Å². The third-order valence-electron chi connectivity index (χ3n) is 2.22. The van der Waals surface area contributed by atoms with Gasteiger partial charge in [0, 0.05) is 18.6 Å². The molecule has 0 aromatic rings. The predicted octanol–water partition coefficient (Wildman–Crippen LogP) is 1.65. The Bertz CT molecular complexity index is 249. The Morgan fingerprint density at radius 3 is 2.22 bits per heavy atom. The maximum absolute atomic E-state index is 11.4. The minimum Gasteiger partial charge on any atom is -0.444 e. The molecule has 0 fully saturated rings. The molecular weight excluding hydrogens is 232 g/mol. The lowest BCUT2D eigenvalue weighted by Crippen LogP contribution is -2.44. The van der Waals surface area contributed by atoms with Gasteiger partial charge in [0.25, 0.3) is 0 Å². The summed E-state index contributed by atoms with van der Waals surface area (Å²) in [5.41, 5.74) is -0.472. The third kappa shape index (κ3) is 10.4. The Morgan fingerprint density at radius 2 is 1.78 bits per heavy atom. The smallest absolute Gasteiger partial charge is 0.407 e. The molecule has 0 heterocycles. The van der Waals surface area contributed by atoms with Crippen molar-refractivity contribution in [1.29, 1.82) is 0 Å². The second-order valence-corrected chi connectivity index (χ2v) is 5.94. The molecule has 0 saturated heterocycles. The summed E-state index contributed by atoms with van der Waals surface area (Å²) in [7, 11) is 0. The highest BCUT2D eigenvalue weighted by atomic mass is 16.6. The minimum atomic E-state index is -0.472. The maximum Gasteiger partial charge on any atom is 0.407 e. The van der Waals surface area contributed by atoms with E-state index in [-0.39, 0.29) is 18.2 Å². The average Bonchev–Trinajstić information content (AvgIpc) is 2.10. The first-order chi connectivity index (χ1) is 8.10. The van der Waals surface area contributed by atoms with Crippen molar-refractivity contribution in [2.45, 2.75) is 71.8 Å². The molecule has 108 valence electrons. The number of ether oxygens (including phenoxy) is 1. The summed E-state index contributed by atoms with van der Waals surface area (Å²) in [6.45, 7) is 11.8. The van der Waals surface area contributed by atoms with Crippen LogP contribution in [0.5, 0.6) is 0 Å². The van der Waals surface area contributed by atoms with Crippen molar-refractivity contribution in [1.82, 2.24) is 10.6 Å². The molecule has 0 aromatic carbocycles. The monoisotopic (exact) mass is 260 g/mol. The zero-order valence-electron chi connectivity index (χ0n) is 12.4. The molecule has 0 rings (SSSR count). The van der Waals surface area contributed by atoms with Crippen LogP contribution in [0.3, 0.4) is 0 Å². The number of carbonyl (C=O) groups excluding carboxylic acids is 1. The van der Waals surface area contributed by atoms with Gasteiger partial charge in [-0.3, -0.25) is 0 Å². The lowest BCUT2D eigenvalue weighted by atomic mass is 10.1. The summed E-state index contributed by atoms with van der Waals surface area (Å²) in [6.07, 6.45) is -0.0330. The molecular formula is C13H28N2O3. The summed E-state index contributed by atoms with van der Waals surface area (Å²) in [5.74, 6) is 0. The van der Waals surface area contributed by atoms with E-state index in [9.17, 15) is 9.90 Å². The zero-order valence-corrected chi connectivity index (χ0v) is 12.4. The largest absolute Gasteiger partial charge is 0.444 e. The van der Waals surface area contributed by atoms with Crippen LogP contribution in [0.4, 0.5) is 4.79 Å². The minimum absolute atomic E-state index is 0.131. The summed E-state index contributed by atoms with van der Waals surface area (Å²) in [5, 5.41) is 15.3. The molecule has 0 aliphatic carbocycles. The van der Waals surface area contributed by atoms with Crippen molar-refractivity contribution in [2.24, 2.45) is 0 Å². The highest BCUT2D eigenvalue weighted by Crippen LogP contribution is 2.06. The molecule has 5 nitrogen and oxygen atoms in total. The van der Waals surface area contributed by atoms with Crippen molar-refractivity contribution in [3.8, 4) is 0 Å². The van der Waals surface area contributed by atoms with Gasteiger partial charge in [-0.1, -0.05) is 0 Å². The number of aliphatic hydroxyl groups is 1. The van der Waals surface area contributed by atoms with Gasteiger partial charge in [0.1, 0.15) is 5.60 Å². The average molecular weight is 260 g/mol. The van der Waals surface area contributed by atoms with Gasteiger partial charge in [0.15, 0.2) is 0 Å². The van der Waals surface area contributed by atoms with Gasteiger partial charge in [-0.25, -0.2) is 4.79 Å². The van der Waals surface area contributed by atoms with Crippen molar-refractivity contribution >= 4 is 6.09 Å². The molecule has 0 bridgehead atoms. The van der Waals surface area contributed by atoms with Crippen molar-refractivity contribution < 1.29 is 14.6 Å². The standard InChI is InChI=1S/C13H28N2O3/c1-9(7-11(3)16)15-10(2)8-14-12(17)18-13(4,5)6/h9-11,15-16H,7-8H2,1-6H3,(H,14,17). The second-order valence-electron chi connectivity index (χ2n) is 5.94. The van der Waals surface area contributed by atoms with E-state index in [2.05, 4.69) is 10.6 Å². The Hall–Kier alpha value is -0.810.